The van der Waals surface area contributed by atoms with Crippen molar-refractivity contribution in [2.75, 3.05) is 6.61 Å². The summed E-state index contributed by atoms with van der Waals surface area (Å²) in [4.78, 5) is 11.3. The molecule has 0 bridgehead atoms. The van der Waals surface area contributed by atoms with Gasteiger partial charge < -0.3 is 4.74 Å². The second kappa shape index (κ2) is 11.5. The maximum atomic E-state index is 11.3. The zero-order valence-electron chi connectivity index (χ0n) is 13.5. The zero-order chi connectivity index (χ0) is 15.4. The van der Waals surface area contributed by atoms with Gasteiger partial charge in [0, 0.05) is 6.08 Å². The Morgan fingerprint density at radius 1 is 1.25 bits per heavy atom. The van der Waals surface area contributed by atoms with E-state index in [4.69, 9.17) is 4.74 Å². The minimum atomic E-state index is -0.308. The first-order valence-corrected chi connectivity index (χ1v) is 7.58. The van der Waals surface area contributed by atoms with Gasteiger partial charge in [0.2, 0.25) is 0 Å². The van der Waals surface area contributed by atoms with Crippen molar-refractivity contribution in [1.29, 1.82) is 0 Å². The summed E-state index contributed by atoms with van der Waals surface area (Å²) in [7, 11) is 0. The predicted octanol–water partition coefficient (Wildman–Crippen LogP) is 5.07. The monoisotopic (exact) mass is 278 g/mol. The third kappa shape index (κ3) is 11.8. The highest BCUT2D eigenvalue weighted by molar-refractivity contribution is 5.83. The minimum absolute atomic E-state index is 0.263. The molecule has 2 heteroatoms. The van der Waals surface area contributed by atoms with Crippen LogP contribution in [0.3, 0.4) is 0 Å². The molecule has 0 saturated heterocycles. The fraction of sp³-hybridized carbons (Fsp3) is 0.611. The molecule has 0 spiro atoms. The van der Waals surface area contributed by atoms with Gasteiger partial charge in [-0.2, -0.15) is 0 Å². The molecule has 0 amide bonds. The lowest BCUT2D eigenvalue weighted by Crippen LogP contribution is -2.00. The number of carbonyl (C=O) groups excluding carboxylic acids is 1. The lowest BCUT2D eigenvalue weighted by Gasteiger charge is -2.09. The highest BCUT2D eigenvalue weighted by atomic mass is 16.5. The van der Waals surface area contributed by atoms with Crippen LogP contribution in [0, 0.1) is 11.8 Å². The van der Waals surface area contributed by atoms with Crippen LogP contribution in [0.4, 0.5) is 0 Å². The van der Waals surface area contributed by atoms with E-state index in [9.17, 15) is 4.79 Å². The molecule has 0 aromatic rings. The van der Waals surface area contributed by atoms with Gasteiger partial charge in [0.15, 0.2) is 0 Å². The van der Waals surface area contributed by atoms with Crippen molar-refractivity contribution in [3.05, 3.63) is 36.5 Å². The summed E-state index contributed by atoms with van der Waals surface area (Å²) >= 11 is 0. The summed E-state index contributed by atoms with van der Waals surface area (Å²) in [5, 5.41) is 0. The van der Waals surface area contributed by atoms with Gasteiger partial charge in [0.1, 0.15) is 6.61 Å². The quantitative estimate of drug-likeness (QED) is 0.241. The molecule has 2 nitrogen and oxygen atoms in total. The van der Waals surface area contributed by atoms with Crippen LogP contribution in [-0.2, 0) is 9.53 Å². The molecular weight excluding hydrogens is 248 g/mol. The molecule has 0 saturated carbocycles. The first-order chi connectivity index (χ1) is 9.45. The Hall–Kier alpha value is -1.31. The standard InChI is InChI=1S/C18H30O2/c1-6-13-20-18(19)14-17(5)12-8-11-16(4)10-7-9-15(2)3/h6,8,12,14-16H,1,7,9-11,13H2,2-5H3. The molecule has 1 unspecified atom stereocenters. The third-order valence-electron chi connectivity index (χ3n) is 3.09. The molecule has 0 aliphatic heterocycles. The van der Waals surface area contributed by atoms with Crippen LogP contribution in [0.5, 0.6) is 0 Å². The molecule has 114 valence electrons. The lowest BCUT2D eigenvalue weighted by atomic mass is 9.97. The van der Waals surface area contributed by atoms with Crippen molar-refractivity contribution in [2.24, 2.45) is 11.8 Å². The molecule has 0 rings (SSSR count). The summed E-state index contributed by atoms with van der Waals surface area (Å²) in [6.45, 7) is 12.5. The molecule has 0 heterocycles. The molecule has 0 aromatic carbocycles. The van der Waals surface area contributed by atoms with Gasteiger partial charge in [0.05, 0.1) is 0 Å². The van der Waals surface area contributed by atoms with Crippen molar-refractivity contribution in [2.45, 2.75) is 53.4 Å². The molecular formula is C18H30O2. The van der Waals surface area contributed by atoms with E-state index < -0.39 is 0 Å². The Morgan fingerprint density at radius 2 is 1.95 bits per heavy atom. The maximum Gasteiger partial charge on any atom is 0.331 e. The zero-order valence-corrected chi connectivity index (χ0v) is 13.5. The first kappa shape index (κ1) is 18.7. The van der Waals surface area contributed by atoms with Gasteiger partial charge in [-0.25, -0.2) is 4.79 Å². The lowest BCUT2D eigenvalue weighted by molar-refractivity contribution is -0.136. The molecule has 20 heavy (non-hydrogen) atoms. The molecule has 0 radical (unpaired) electrons. The highest BCUT2D eigenvalue weighted by Gasteiger charge is 2.01. The average Bonchev–Trinajstić information content (AvgIpc) is 2.35. The van der Waals surface area contributed by atoms with E-state index in [-0.39, 0.29) is 12.6 Å². The Balaban J connectivity index is 3.94. The van der Waals surface area contributed by atoms with Crippen LogP contribution in [0.1, 0.15) is 53.4 Å². The van der Waals surface area contributed by atoms with Crippen LogP contribution >= 0.6 is 0 Å². The summed E-state index contributed by atoms with van der Waals surface area (Å²) in [6.07, 6.45) is 12.2. The molecule has 0 fully saturated rings. The summed E-state index contributed by atoms with van der Waals surface area (Å²) < 4.78 is 4.90. The van der Waals surface area contributed by atoms with E-state index in [1.807, 2.05) is 13.0 Å². The molecule has 0 aliphatic rings. The van der Waals surface area contributed by atoms with Crippen LogP contribution < -0.4 is 0 Å². The minimum Gasteiger partial charge on any atom is -0.458 e. The van der Waals surface area contributed by atoms with Crippen LogP contribution in [0.25, 0.3) is 0 Å². The van der Waals surface area contributed by atoms with Gasteiger partial charge in [-0.15, -0.1) is 0 Å². The van der Waals surface area contributed by atoms with Crippen LogP contribution in [0.2, 0.25) is 0 Å². The number of rotatable bonds is 10. The van der Waals surface area contributed by atoms with Gasteiger partial charge in [-0.1, -0.05) is 64.8 Å². The smallest absolute Gasteiger partial charge is 0.331 e. The molecule has 0 aliphatic carbocycles. The van der Waals surface area contributed by atoms with Gasteiger partial charge >= 0.3 is 5.97 Å². The Morgan fingerprint density at radius 3 is 2.55 bits per heavy atom. The fourth-order valence-corrected chi connectivity index (χ4v) is 1.90. The van der Waals surface area contributed by atoms with E-state index in [0.717, 1.165) is 17.9 Å². The van der Waals surface area contributed by atoms with E-state index in [2.05, 4.69) is 33.4 Å². The predicted molar refractivity (Wildman–Crippen MR) is 86.5 cm³/mol. The second-order valence-corrected chi connectivity index (χ2v) is 5.88. The first-order valence-electron chi connectivity index (χ1n) is 7.58. The number of ether oxygens (including phenoxy) is 1. The largest absolute Gasteiger partial charge is 0.458 e. The maximum absolute atomic E-state index is 11.3. The Bertz CT molecular complexity index is 337. The van der Waals surface area contributed by atoms with Gasteiger partial charge in [-0.05, 0) is 30.8 Å². The van der Waals surface area contributed by atoms with Crippen LogP contribution in [-0.4, -0.2) is 12.6 Å². The van der Waals surface area contributed by atoms with Gasteiger partial charge in [-0.3, -0.25) is 0 Å². The van der Waals surface area contributed by atoms with Crippen LogP contribution in [0.15, 0.2) is 36.5 Å². The van der Waals surface area contributed by atoms with Crippen molar-refractivity contribution in [3.8, 4) is 0 Å². The summed E-state index contributed by atoms with van der Waals surface area (Å²) in [5.74, 6) is 1.19. The Kier molecular flexibility index (Phi) is 10.8. The van der Waals surface area contributed by atoms with E-state index >= 15 is 0 Å². The number of hydrogen-bond donors (Lipinski definition) is 0. The number of carbonyl (C=O) groups is 1. The third-order valence-corrected chi connectivity index (χ3v) is 3.09. The van der Waals surface area contributed by atoms with Crippen molar-refractivity contribution < 1.29 is 9.53 Å². The topological polar surface area (TPSA) is 26.3 Å². The van der Waals surface area contributed by atoms with Gasteiger partial charge in [0.25, 0.3) is 0 Å². The number of hydrogen-bond acceptors (Lipinski definition) is 2. The number of allylic oxidation sites excluding steroid dienone is 3. The van der Waals surface area contributed by atoms with Crippen molar-refractivity contribution >= 4 is 5.97 Å². The normalized spacial score (nSPS) is 13.8. The molecule has 1 atom stereocenters. The SMILES string of the molecule is C=CCOC(=O)C=C(C)C=CCC(C)CCCC(C)C. The average molecular weight is 278 g/mol. The van der Waals surface area contributed by atoms with E-state index in [1.54, 1.807) is 6.08 Å². The Labute approximate surface area is 124 Å². The molecule has 0 N–H and O–H groups in total. The number of esters is 1. The van der Waals surface area contributed by atoms with E-state index in [1.165, 1.54) is 25.3 Å². The van der Waals surface area contributed by atoms with E-state index in [0.29, 0.717) is 5.92 Å². The fourth-order valence-electron chi connectivity index (χ4n) is 1.90. The van der Waals surface area contributed by atoms with Crippen molar-refractivity contribution in [3.63, 3.8) is 0 Å². The highest BCUT2D eigenvalue weighted by Crippen LogP contribution is 2.15. The summed E-state index contributed by atoms with van der Waals surface area (Å²) in [6, 6.07) is 0. The molecule has 0 aromatic heterocycles. The second-order valence-electron chi connectivity index (χ2n) is 5.88. The van der Waals surface area contributed by atoms with Crippen molar-refractivity contribution in [1.82, 2.24) is 0 Å². The summed E-state index contributed by atoms with van der Waals surface area (Å²) in [5.41, 5.74) is 0.924.